The number of ether oxygens (including phenoxy) is 1. The third-order valence-corrected chi connectivity index (χ3v) is 11.3. The quantitative estimate of drug-likeness (QED) is 0.174. The molecule has 1 aromatic carbocycles. The number of aliphatic hydroxyl groups excluding tert-OH is 1. The molecule has 0 amide bonds. The van der Waals surface area contributed by atoms with Crippen molar-refractivity contribution in [3.63, 3.8) is 0 Å². The third kappa shape index (κ3) is 16.4. The standard InChI is InChI=1S/C24H32O3.2C5H10.5CO.W.Zr/c1-23-13-10-20-19-9-7-18(27-2)16-17(19)6-8-21(20)22(23)11-14-24(23,26)12-4-3-5-15-25;2*1-2-4-5-3-1;5*1-2;;/h3-4,7,9,16,20-22,25-26H,5-6,8,10-14H2,1-2H3;2*1-5H2;;;;;;;/b4-3-;;;;;;;;;/t20-,21-,22+,23+,24+;;;;;;;;;/m1........./s1. The Morgan fingerprint density at radius 2 is 1.31 bits per heavy atom. The molecule has 2 N–H and O–H groups in total. The van der Waals surface area contributed by atoms with Crippen molar-refractivity contribution in [3.05, 3.63) is 74.7 Å². The largest absolute Gasteiger partial charge is 0 e. The van der Waals surface area contributed by atoms with Crippen molar-refractivity contribution >= 4 is 4.08 Å². The summed E-state index contributed by atoms with van der Waals surface area (Å²) in [6, 6.07) is 6.65. The van der Waals surface area contributed by atoms with E-state index in [1.54, 1.807) is 7.11 Å². The summed E-state index contributed by atoms with van der Waals surface area (Å²) in [4.78, 5) is 0. The Balaban J connectivity index is -0.000000833. The van der Waals surface area contributed by atoms with Crippen LogP contribution in [0.1, 0.15) is 133 Å². The number of aryl methyl sites for hydroxylation is 1. The van der Waals surface area contributed by atoms with Gasteiger partial charge in [-0.25, -0.2) is 0 Å². The smallest absolute Gasteiger partial charge is 0 e. The maximum absolute atomic E-state index is 11.6. The number of fused-ring (bicyclic) bond motifs is 5. The van der Waals surface area contributed by atoms with E-state index in [2.05, 4.69) is 64.5 Å². The van der Waals surface area contributed by atoms with E-state index in [1.165, 1.54) is 88.2 Å². The molecule has 4 saturated carbocycles. The molecule has 5 aliphatic carbocycles. The second-order valence-electron chi connectivity index (χ2n) is 12.8. The predicted octanol–water partition coefficient (Wildman–Crippen LogP) is 8.38. The zero-order chi connectivity index (χ0) is 37.0. The molecule has 4 fully saturated rings. The molecule has 0 bridgehead atoms. The van der Waals surface area contributed by atoms with Crippen LogP contribution in [-0.4, -0.2) is 27.0 Å². The van der Waals surface area contributed by atoms with Gasteiger partial charge in [-0.15, -0.1) is 0 Å². The van der Waals surface area contributed by atoms with E-state index in [9.17, 15) is 10.2 Å². The van der Waals surface area contributed by atoms with Crippen LogP contribution in [0.15, 0.2) is 30.4 Å². The Hall–Kier alpha value is -1.18. The van der Waals surface area contributed by atoms with E-state index in [0.717, 1.165) is 50.8 Å². The minimum atomic E-state index is -0.602. The first-order valence-electron chi connectivity index (χ1n) is 16.7. The monoisotopic (exact) mass is 922 g/mol. The maximum atomic E-state index is 11.6. The van der Waals surface area contributed by atoms with Gasteiger partial charge in [-0.2, -0.15) is 0 Å². The molecule has 0 aromatic heterocycles. The summed E-state index contributed by atoms with van der Waals surface area (Å²) >= 11 is 1.12. The van der Waals surface area contributed by atoms with Crippen molar-refractivity contribution in [2.75, 3.05) is 7.11 Å². The molecule has 10 heteroatoms. The Labute approximate surface area is 324 Å². The summed E-state index contributed by atoms with van der Waals surface area (Å²) < 4.78 is 43.4. The van der Waals surface area contributed by atoms with Crippen molar-refractivity contribution in [2.45, 2.75) is 134 Å². The van der Waals surface area contributed by atoms with Gasteiger partial charge >= 0.3 is 207 Å². The first kappa shape index (κ1) is 52.2. The maximum Gasteiger partial charge on any atom is 0 e. The van der Waals surface area contributed by atoms with Crippen LogP contribution in [-0.2, 0) is 75.2 Å². The fourth-order valence-electron chi connectivity index (χ4n) is 8.36. The molecule has 5 aliphatic rings. The zero-order valence-corrected chi connectivity index (χ0v) is 34.5. The number of rotatable bonds is 5. The summed E-state index contributed by atoms with van der Waals surface area (Å²) in [7, 11) is 1.74. The fourth-order valence-corrected chi connectivity index (χ4v) is 8.71. The van der Waals surface area contributed by atoms with E-state index in [0.29, 0.717) is 34.7 Å². The molecular formula is C39H52O8WZr. The van der Waals surface area contributed by atoms with Gasteiger partial charge in [0.05, 0.1) is 7.11 Å². The number of hydrogen-bond donors (Lipinski definition) is 2. The molecule has 5 atom stereocenters. The van der Waals surface area contributed by atoms with Gasteiger partial charge in [0.25, 0.3) is 0 Å². The molecular weight excluding hydrogens is 871 g/mol. The Morgan fingerprint density at radius 3 is 1.76 bits per heavy atom. The molecule has 6 rings (SSSR count). The summed E-state index contributed by atoms with van der Waals surface area (Å²) in [5, 5.41) is 21.1. The first-order chi connectivity index (χ1) is 23.4. The van der Waals surface area contributed by atoms with Crippen LogP contribution >= 0.6 is 0 Å². The summed E-state index contributed by atoms with van der Waals surface area (Å²) in [5.74, 6) is 2.90. The van der Waals surface area contributed by atoms with Crippen molar-refractivity contribution in [1.82, 2.24) is 0 Å². The number of aliphatic hydroxyl groups is 2. The van der Waals surface area contributed by atoms with Crippen LogP contribution in [0.3, 0.4) is 0 Å². The van der Waals surface area contributed by atoms with Gasteiger partial charge in [0.15, 0.2) is 0 Å². The molecule has 0 saturated heterocycles. The van der Waals surface area contributed by atoms with Crippen molar-refractivity contribution in [3.8, 4) is 5.75 Å². The topological polar surface area (TPSA) is 149 Å². The Kier molecular flexibility index (Phi) is 33.6. The van der Waals surface area contributed by atoms with Gasteiger partial charge in [0.1, 0.15) is 5.75 Å². The van der Waals surface area contributed by atoms with Crippen LogP contribution in [0.5, 0.6) is 5.75 Å². The molecule has 0 unspecified atom stereocenters. The summed E-state index contributed by atoms with van der Waals surface area (Å²) in [6.45, 7) is 24.9. The minimum Gasteiger partial charge on any atom is 0 e. The van der Waals surface area contributed by atoms with E-state index >= 15 is 0 Å². The Morgan fingerprint density at radius 1 is 0.816 bits per heavy atom. The van der Waals surface area contributed by atoms with Crippen LogP contribution in [0.4, 0.5) is 0 Å². The molecule has 0 heterocycles. The molecule has 0 radical (unpaired) electrons. The summed E-state index contributed by atoms with van der Waals surface area (Å²) in [6.07, 6.45) is 27.1. The minimum absolute atomic E-state index is 0. The molecule has 0 spiro atoms. The second-order valence-corrected chi connectivity index (χ2v) is 14.5. The van der Waals surface area contributed by atoms with Crippen molar-refractivity contribution < 1.29 is 83.8 Å². The van der Waals surface area contributed by atoms with Gasteiger partial charge in [-0.05, 0) is 12.1 Å². The van der Waals surface area contributed by atoms with Gasteiger partial charge in [-0.1, -0.05) is 64.2 Å². The van der Waals surface area contributed by atoms with Crippen LogP contribution in [0.25, 0.3) is 0 Å². The van der Waals surface area contributed by atoms with Crippen LogP contribution in [0, 0.1) is 50.5 Å². The van der Waals surface area contributed by atoms with Crippen molar-refractivity contribution in [2.24, 2.45) is 17.3 Å². The fraction of sp³-hybridized carbons (Fsp3) is 0.641. The molecule has 1 aromatic rings. The first-order valence-corrected chi connectivity index (χ1v) is 18.1. The normalized spacial score (nSPS) is 26.0. The molecule has 266 valence electrons. The molecule has 8 nitrogen and oxygen atoms in total. The predicted molar refractivity (Wildman–Crippen MR) is 174 cm³/mol. The van der Waals surface area contributed by atoms with E-state index in [4.69, 9.17) is 28.0 Å². The third-order valence-electron chi connectivity index (χ3n) is 10.7. The number of methoxy groups -OCH3 is 1. The average Bonchev–Trinajstić information content (AvgIpc) is 3.97. The Bertz CT molecular complexity index is 1110. The van der Waals surface area contributed by atoms with Gasteiger partial charge in [-0.3, -0.25) is 0 Å². The van der Waals surface area contributed by atoms with Crippen LogP contribution < -0.4 is 4.74 Å². The summed E-state index contributed by atoms with van der Waals surface area (Å²) in [5.41, 5.74) is 2.41. The van der Waals surface area contributed by atoms with Gasteiger partial charge in [0, 0.05) is 26.2 Å². The van der Waals surface area contributed by atoms with E-state index in [-0.39, 0.29) is 31.6 Å². The molecule has 0 aliphatic heterocycles. The SMILES string of the molecule is C1CCCC1.C1CCCC1.COc1ccc2c(c1)CC[C@@H]1[C@@H]2CC[C@@]2(C)[C@H]1CC[C@@]2(O)C/C=C\C[C](O)=[W].[C-]#[O+].[C-]#[O+].[C-]#[O+].[C-]#[O+].[C-]#[O+].[Zr]. The number of benzene rings is 1. The van der Waals surface area contributed by atoms with E-state index in [1.807, 2.05) is 6.08 Å². The van der Waals surface area contributed by atoms with E-state index < -0.39 is 5.60 Å². The van der Waals surface area contributed by atoms with Gasteiger partial charge in [0.2, 0.25) is 0 Å². The molecule has 49 heavy (non-hydrogen) atoms. The van der Waals surface area contributed by atoms with Gasteiger partial charge < -0.3 is 4.74 Å². The second kappa shape index (κ2) is 31.5. The zero-order valence-electron chi connectivity index (χ0n) is 29.1. The average molecular weight is 924 g/mol. The van der Waals surface area contributed by atoms with Crippen molar-refractivity contribution in [1.29, 1.82) is 0 Å². The number of hydrogen-bond acceptors (Lipinski definition) is 3. The van der Waals surface area contributed by atoms with Crippen LogP contribution in [0.2, 0.25) is 0 Å².